The van der Waals surface area contributed by atoms with Gasteiger partial charge in [-0.1, -0.05) is 0 Å². The molecular formula is C19H39N3O6. The Labute approximate surface area is 169 Å². The highest BCUT2D eigenvalue weighted by Crippen LogP contribution is 1.98. The fourth-order valence-corrected chi connectivity index (χ4v) is 1.78. The van der Waals surface area contributed by atoms with Crippen LogP contribution in [-0.4, -0.2) is 88.7 Å². The molecule has 9 nitrogen and oxygen atoms in total. The second-order valence-corrected chi connectivity index (χ2v) is 8.00. The summed E-state index contributed by atoms with van der Waals surface area (Å²) in [6, 6.07) is 0. The highest BCUT2D eigenvalue weighted by molar-refractivity contribution is 5.88. The molecule has 0 aromatic carbocycles. The van der Waals surface area contributed by atoms with E-state index in [9.17, 15) is 9.59 Å². The second-order valence-electron chi connectivity index (χ2n) is 8.00. The summed E-state index contributed by atoms with van der Waals surface area (Å²) in [5.74, 6) is -0.559. The molecule has 0 spiro atoms. The zero-order chi connectivity index (χ0) is 21.5. The number of amides is 1. The first-order valence-corrected chi connectivity index (χ1v) is 9.67. The molecule has 0 unspecified atom stereocenters. The molecule has 0 fully saturated rings. The predicted molar refractivity (Wildman–Crippen MR) is 107 cm³/mol. The standard InChI is InChI=1S/C19H39N3O6/c1-18(2,3)22-7-9-26-11-13-27-12-10-25-8-6-21-17(24)15-28-14-16(23)19(4,5)20/h22H,6-15,20H2,1-5H3,(H,21,24). The normalized spacial score (nSPS) is 12.2. The van der Waals surface area contributed by atoms with Crippen molar-refractivity contribution in [3.05, 3.63) is 0 Å². The van der Waals surface area contributed by atoms with Crippen LogP contribution in [0.2, 0.25) is 0 Å². The van der Waals surface area contributed by atoms with Crippen LogP contribution < -0.4 is 16.4 Å². The van der Waals surface area contributed by atoms with Gasteiger partial charge < -0.3 is 35.3 Å². The van der Waals surface area contributed by atoms with Crippen molar-refractivity contribution in [2.75, 3.05) is 65.9 Å². The van der Waals surface area contributed by atoms with Crippen molar-refractivity contribution >= 4 is 11.7 Å². The van der Waals surface area contributed by atoms with Crippen LogP contribution in [0.1, 0.15) is 34.6 Å². The molecule has 4 N–H and O–H groups in total. The van der Waals surface area contributed by atoms with Gasteiger partial charge in [0.1, 0.15) is 13.2 Å². The van der Waals surface area contributed by atoms with E-state index in [2.05, 4.69) is 31.4 Å². The Bertz CT molecular complexity index is 432. The molecular weight excluding hydrogens is 366 g/mol. The molecule has 0 heterocycles. The van der Waals surface area contributed by atoms with E-state index in [1.54, 1.807) is 13.8 Å². The van der Waals surface area contributed by atoms with E-state index in [-0.39, 0.29) is 30.4 Å². The maximum absolute atomic E-state index is 11.5. The van der Waals surface area contributed by atoms with Crippen LogP contribution in [0.15, 0.2) is 0 Å². The Morgan fingerprint density at radius 2 is 1.25 bits per heavy atom. The van der Waals surface area contributed by atoms with Crippen molar-refractivity contribution in [1.29, 1.82) is 0 Å². The number of ketones is 1. The summed E-state index contributed by atoms with van der Waals surface area (Å²) >= 11 is 0. The van der Waals surface area contributed by atoms with Gasteiger partial charge in [0.05, 0.1) is 45.2 Å². The van der Waals surface area contributed by atoms with Gasteiger partial charge in [-0.05, 0) is 34.6 Å². The number of carbonyl (C=O) groups excluding carboxylic acids is 2. The summed E-state index contributed by atoms with van der Waals surface area (Å²) in [6.45, 7) is 13.3. The van der Waals surface area contributed by atoms with Crippen molar-refractivity contribution in [3.8, 4) is 0 Å². The fourth-order valence-electron chi connectivity index (χ4n) is 1.78. The highest BCUT2D eigenvalue weighted by Gasteiger charge is 2.21. The van der Waals surface area contributed by atoms with Gasteiger partial charge in [-0.15, -0.1) is 0 Å². The van der Waals surface area contributed by atoms with Crippen LogP contribution >= 0.6 is 0 Å². The molecule has 0 aliphatic carbocycles. The van der Waals surface area contributed by atoms with Crippen molar-refractivity contribution in [3.63, 3.8) is 0 Å². The van der Waals surface area contributed by atoms with Crippen molar-refractivity contribution < 1.29 is 28.5 Å². The lowest BCUT2D eigenvalue weighted by Crippen LogP contribution is -2.44. The third kappa shape index (κ3) is 18.3. The Balaban J connectivity index is 3.33. The van der Waals surface area contributed by atoms with Crippen molar-refractivity contribution in [1.82, 2.24) is 10.6 Å². The lowest BCUT2D eigenvalue weighted by Gasteiger charge is -2.20. The molecule has 0 radical (unpaired) electrons. The summed E-state index contributed by atoms with van der Waals surface area (Å²) < 4.78 is 21.2. The smallest absolute Gasteiger partial charge is 0.246 e. The summed E-state index contributed by atoms with van der Waals surface area (Å²) in [6.07, 6.45) is 0. The van der Waals surface area contributed by atoms with Crippen LogP contribution in [0.5, 0.6) is 0 Å². The summed E-state index contributed by atoms with van der Waals surface area (Å²) in [4.78, 5) is 23.1. The number of hydrogen-bond acceptors (Lipinski definition) is 8. The first-order valence-electron chi connectivity index (χ1n) is 9.67. The molecule has 166 valence electrons. The molecule has 28 heavy (non-hydrogen) atoms. The Hall–Kier alpha value is -1.10. The first kappa shape index (κ1) is 26.9. The van der Waals surface area contributed by atoms with E-state index in [0.29, 0.717) is 46.2 Å². The molecule has 0 aliphatic rings. The van der Waals surface area contributed by atoms with Gasteiger partial charge in [0.25, 0.3) is 0 Å². The van der Waals surface area contributed by atoms with Gasteiger partial charge in [0.2, 0.25) is 5.91 Å². The van der Waals surface area contributed by atoms with Crippen molar-refractivity contribution in [2.45, 2.75) is 45.7 Å². The van der Waals surface area contributed by atoms with Gasteiger partial charge in [-0.2, -0.15) is 0 Å². The first-order chi connectivity index (χ1) is 13.0. The van der Waals surface area contributed by atoms with Gasteiger partial charge in [0, 0.05) is 18.6 Å². The monoisotopic (exact) mass is 405 g/mol. The van der Waals surface area contributed by atoms with E-state index in [1.165, 1.54) is 0 Å². The molecule has 0 rings (SSSR count). The van der Waals surface area contributed by atoms with Crippen LogP contribution in [0.3, 0.4) is 0 Å². The van der Waals surface area contributed by atoms with Crippen LogP contribution in [0, 0.1) is 0 Å². The molecule has 0 saturated carbocycles. The number of Topliss-reactive ketones (excluding diaryl/α,β-unsaturated/α-hetero) is 1. The average molecular weight is 406 g/mol. The summed E-state index contributed by atoms with van der Waals surface area (Å²) in [5.41, 5.74) is 4.77. The van der Waals surface area contributed by atoms with Crippen LogP contribution in [-0.2, 0) is 28.5 Å². The molecule has 1 amide bonds. The summed E-state index contributed by atoms with van der Waals surface area (Å²) in [7, 11) is 0. The Morgan fingerprint density at radius 1 is 0.750 bits per heavy atom. The number of ether oxygens (including phenoxy) is 4. The quantitative estimate of drug-likeness (QED) is 0.286. The van der Waals surface area contributed by atoms with E-state index in [0.717, 1.165) is 6.54 Å². The van der Waals surface area contributed by atoms with Crippen LogP contribution in [0.25, 0.3) is 0 Å². The molecule has 0 bridgehead atoms. The Kier molecular flexibility index (Phi) is 14.3. The second kappa shape index (κ2) is 14.8. The minimum Gasteiger partial charge on any atom is -0.378 e. The summed E-state index contributed by atoms with van der Waals surface area (Å²) in [5, 5.41) is 5.98. The topological polar surface area (TPSA) is 121 Å². The van der Waals surface area contributed by atoms with Crippen molar-refractivity contribution in [2.24, 2.45) is 5.73 Å². The zero-order valence-electron chi connectivity index (χ0n) is 18.1. The van der Waals surface area contributed by atoms with E-state index in [4.69, 9.17) is 24.7 Å². The third-order valence-electron chi connectivity index (χ3n) is 3.40. The van der Waals surface area contributed by atoms with E-state index < -0.39 is 5.54 Å². The van der Waals surface area contributed by atoms with Gasteiger partial charge in [-0.25, -0.2) is 0 Å². The highest BCUT2D eigenvalue weighted by atomic mass is 16.5. The van der Waals surface area contributed by atoms with E-state index >= 15 is 0 Å². The number of nitrogens with two attached hydrogens (primary N) is 1. The SMILES string of the molecule is CC(C)(C)NCCOCCOCCOCCNC(=O)COCC(=O)C(C)(C)N. The molecule has 9 heteroatoms. The molecule has 0 aromatic rings. The molecule has 0 saturated heterocycles. The predicted octanol–water partition coefficient (Wildman–Crippen LogP) is -0.136. The maximum atomic E-state index is 11.5. The fraction of sp³-hybridized carbons (Fsp3) is 0.895. The lowest BCUT2D eigenvalue weighted by atomic mass is 10.0. The number of hydrogen-bond donors (Lipinski definition) is 3. The average Bonchev–Trinajstić information content (AvgIpc) is 2.57. The number of rotatable bonds is 17. The van der Waals surface area contributed by atoms with Gasteiger partial charge >= 0.3 is 0 Å². The lowest BCUT2D eigenvalue weighted by molar-refractivity contribution is -0.132. The zero-order valence-corrected chi connectivity index (χ0v) is 18.1. The van der Waals surface area contributed by atoms with Gasteiger partial charge in [0.15, 0.2) is 5.78 Å². The largest absolute Gasteiger partial charge is 0.378 e. The molecule has 0 aliphatic heterocycles. The maximum Gasteiger partial charge on any atom is 0.246 e. The minimum absolute atomic E-state index is 0.102. The van der Waals surface area contributed by atoms with Gasteiger partial charge in [-0.3, -0.25) is 9.59 Å². The number of nitrogens with one attached hydrogen (secondary N) is 2. The minimum atomic E-state index is -0.956. The van der Waals surface area contributed by atoms with E-state index in [1.807, 2.05) is 0 Å². The van der Waals surface area contributed by atoms with Crippen LogP contribution in [0.4, 0.5) is 0 Å². The molecule has 0 aromatic heterocycles. The Morgan fingerprint density at radius 3 is 1.75 bits per heavy atom. The number of carbonyl (C=O) groups is 2. The molecule has 0 atom stereocenters. The third-order valence-corrected chi connectivity index (χ3v) is 3.40.